The number of nitrogens with one attached hydrogen (secondary N) is 2. The summed E-state index contributed by atoms with van der Waals surface area (Å²) < 4.78 is 5.35. The predicted molar refractivity (Wildman–Crippen MR) is 125 cm³/mol. The minimum absolute atomic E-state index is 0.0168. The molecule has 1 aromatic heterocycles. The van der Waals surface area contributed by atoms with Crippen molar-refractivity contribution in [2.45, 2.75) is 19.3 Å². The van der Waals surface area contributed by atoms with Gasteiger partial charge < -0.3 is 20.7 Å². The summed E-state index contributed by atoms with van der Waals surface area (Å²) >= 11 is 6.69. The fourth-order valence-electron chi connectivity index (χ4n) is 3.96. The Labute approximate surface area is 192 Å². The van der Waals surface area contributed by atoms with E-state index in [9.17, 15) is 19.7 Å². The van der Waals surface area contributed by atoms with Crippen molar-refractivity contribution >= 4 is 56.9 Å². The molecule has 2 aromatic rings. The van der Waals surface area contributed by atoms with Gasteiger partial charge in [0.25, 0.3) is 17.5 Å². The molecule has 1 fully saturated rings. The topological polar surface area (TPSA) is 140 Å². The molecule has 0 saturated carbocycles. The van der Waals surface area contributed by atoms with E-state index in [0.717, 1.165) is 29.7 Å². The molecule has 32 heavy (non-hydrogen) atoms. The third kappa shape index (κ3) is 4.42. The van der Waals surface area contributed by atoms with Gasteiger partial charge in [-0.3, -0.25) is 25.0 Å². The van der Waals surface area contributed by atoms with Gasteiger partial charge in [-0.2, -0.15) is 0 Å². The number of ether oxygens (including phenoxy) is 1. The van der Waals surface area contributed by atoms with Crippen LogP contribution in [0.5, 0.6) is 0 Å². The zero-order valence-electron chi connectivity index (χ0n) is 17.0. The van der Waals surface area contributed by atoms with Crippen molar-refractivity contribution in [2.75, 3.05) is 36.5 Å². The highest BCUT2D eigenvalue weighted by molar-refractivity contribution is 7.80. The number of rotatable bonds is 5. The maximum absolute atomic E-state index is 13.0. The zero-order chi connectivity index (χ0) is 22.8. The second-order valence-electron chi connectivity index (χ2n) is 7.39. The Bertz CT molecular complexity index is 1110. The van der Waals surface area contributed by atoms with Crippen molar-refractivity contribution in [2.24, 2.45) is 5.73 Å². The molecular weight excluding hydrogens is 454 g/mol. The van der Waals surface area contributed by atoms with Crippen LogP contribution < -0.4 is 21.3 Å². The summed E-state index contributed by atoms with van der Waals surface area (Å²) in [6, 6.07) is 4.16. The highest BCUT2D eigenvalue weighted by Crippen LogP contribution is 2.38. The number of carbonyl (C=O) groups is 2. The standard InChI is InChI=1S/C20H21N5O5S2/c21-17(26)16-12-2-1-3-15(12)32-19(16)23-20(31)22-18(27)13-10-11(25(28)29)4-5-14(13)24-6-8-30-9-7-24/h4-5,10H,1-3,6-9H2,(H2,21,26)(H2,22,23,27,31). The van der Waals surface area contributed by atoms with Gasteiger partial charge in [-0.05, 0) is 43.1 Å². The van der Waals surface area contributed by atoms with Crippen LogP contribution in [-0.4, -0.2) is 48.2 Å². The van der Waals surface area contributed by atoms with E-state index in [0.29, 0.717) is 42.6 Å². The SMILES string of the molecule is NC(=O)c1c(NC(=S)NC(=O)c2cc([N+](=O)[O-])ccc2N2CCOCC2)sc2c1CCC2. The quantitative estimate of drug-likeness (QED) is 0.340. The number of hydrogen-bond acceptors (Lipinski definition) is 8. The van der Waals surface area contributed by atoms with Crippen molar-refractivity contribution in [3.05, 3.63) is 49.9 Å². The van der Waals surface area contributed by atoms with E-state index in [-0.39, 0.29) is 16.4 Å². The molecule has 2 heterocycles. The lowest BCUT2D eigenvalue weighted by Gasteiger charge is -2.30. The molecule has 12 heteroatoms. The Morgan fingerprint density at radius 1 is 1.25 bits per heavy atom. The Morgan fingerprint density at radius 2 is 2.00 bits per heavy atom. The third-order valence-corrected chi connectivity index (χ3v) is 6.82. The number of non-ortho nitro benzene ring substituents is 1. The number of nitrogens with zero attached hydrogens (tertiary/aromatic N) is 2. The predicted octanol–water partition coefficient (Wildman–Crippen LogP) is 2.21. The van der Waals surface area contributed by atoms with Gasteiger partial charge >= 0.3 is 0 Å². The fraction of sp³-hybridized carbons (Fsp3) is 0.350. The van der Waals surface area contributed by atoms with E-state index in [4.69, 9.17) is 22.7 Å². The molecule has 1 saturated heterocycles. The Morgan fingerprint density at radius 3 is 2.69 bits per heavy atom. The highest BCUT2D eigenvalue weighted by atomic mass is 32.1. The highest BCUT2D eigenvalue weighted by Gasteiger charge is 2.27. The summed E-state index contributed by atoms with van der Waals surface area (Å²) in [6.45, 7) is 2.11. The van der Waals surface area contributed by atoms with Gasteiger partial charge in [-0.25, -0.2) is 0 Å². The van der Waals surface area contributed by atoms with Crippen molar-refractivity contribution in [3.8, 4) is 0 Å². The number of anilines is 2. The van der Waals surface area contributed by atoms with Gasteiger partial charge in [-0.15, -0.1) is 11.3 Å². The molecule has 0 bridgehead atoms. The van der Waals surface area contributed by atoms with E-state index in [1.807, 2.05) is 4.90 Å². The number of thiocarbonyl (C=S) groups is 1. The van der Waals surface area contributed by atoms with Crippen LogP contribution >= 0.6 is 23.6 Å². The molecule has 1 aliphatic carbocycles. The molecule has 2 amide bonds. The lowest BCUT2D eigenvalue weighted by Crippen LogP contribution is -2.39. The van der Waals surface area contributed by atoms with Crippen LogP contribution in [0.15, 0.2) is 18.2 Å². The number of benzene rings is 1. The van der Waals surface area contributed by atoms with Crippen molar-refractivity contribution < 1.29 is 19.2 Å². The van der Waals surface area contributed by atoms with E-state index in [1.165, 1.54) is 23.5 Å². The average Bonchev–Trinajstić information content (AvgIpc) is 3.34. The van der Waals surface area contributed by atoms with Gasteiger partial charge in [0.15, 0.2) is 5.11 Å². The number of amides is 2. The molecule has 168 valence electrons. The van der Waals surface area contributed by atoms with Crippen LogP contribution in [0.25, 0.3) is 0 Å². The summed E-state index contributed by atoms with van der Waals surface area (Å²) in [5.74, 6) is -1.13. The molecular formula is C20H21N5O5S2. The molecule has 4 N–H and O–H groups in total. The minimum atomic E-state index is -0.586. The Hall–Kier alpha value is -3.09. The van der Waals surface area contributed by atoms with Crippen LogP contribution in [-0.2, 0) is 17.6 Å². The smallest absolute Gasteiger partial charge is 0.270 e. The normalized spacial score (nSPS) is 15.2. The molecule has 0 spiro atoms. The van der Waals surface area contributed by atoms with Crippen LogP contribution in [0.2, 0.25) is 0 Å². The lowest BCUT2D eigenvalue weighted by molar-refractivity contribution is -0.384. The van der Waals surface area contributed by atoms with Crippen molar-refractivity contribution in [1.82, 2.24) is 5.32 Å². The lowest BCUT2D eigenvalue weighted by atomic mass is 10.1. The number of carbonyl (C=O) groups excluding carboxylic acids is 2. The zero-order valence-corrected chi connectivity index (χ0v) is 18.6. The summed E-state index contributed by atoms with van der Waals surface area (Å²) in [5.41, 5.74) is 7.41. The number of thiophene rings is 1. The molecule has 0 atom stereocenters. The number of hydrogen-bond donors (Lipinski definition) is 3. The molecule has 1 aliphatic heterocycles. The van der Waals surface area contributed by atoms with E-state index in [2.05, 4.69) is 10.6 Å². The largest absolute Gasteiger partial charge is 0.378 e. The molecule has 10 nitrogen and oxygen atoms in total. The van der Waals surface area contributed by atoms with Gasteiger partial charge in [0.05, 0.1) is 35.0 Å². The van der Waals surface area contributed by atoms with Crippen LogP contribution in [0, 0.1) is 10.1 Å². The first-order valence-corrected chi connectivity index (χ1v) is 11.3. The minimum Gasteiger partial charge on any atom is -0.378 e. The molecule has 1 aromatic carbocycles. The van der Waals surface area contributed by atoms with Gasteiger partial charge in [0, 0.05) is 30.1 Å². The summed E-state index contributed by atoms with van der Waals surface area (Å²) in [4.78, 5) is 38.7. The van der Waals surface area contributed by atoms with E-state index in [1.54, 1.807) is 6.07 Å². The summed E-state index contributed by atoms with van der Waals surface area (Å²) in [7, 11) is 0. The van der Waals surface area contributed by atoms with Crippen LogP contribution in [0.1, 0.15) is 37.6 Å². The van der Waals surface area contributed by atoms with Crippen molar-refractivity contribution in [3.63, 3.8) is 0 Å². The van der Waals surface area contributed by atoms with Gasteiger partial charge in [0.2, 0.25) is 0 Å². The number of primary amides is 1. The monoisotopic (exact) mass is 475 g/mol. The average molecular weight is 476 g/mol. The maximum Gasteiger partial charge on any atom is 0.270 e. The van der Waals surface area contributed by atoms with Crippen molar-refractivity contribution in [1.29, 1.82) is 0 Å². The summed E-state index contributed by atoms with van der Waals surface area (Å²) in [6.07, 6.45) is 2.62. The molecule has 0 radical (unpaired) electrons. The number of nitro groups is 1. The van der Waals surface area contributed by atoms with Crippen LogP contribution in [0.3, 0.4) is 0 Å². The first-order valence-electron chi connectivity index (χ1n) is 10.0. The Kier molecular flexibility index (Phi) is 6.35. The van der Waals surface area contributed by atoms with Crippen LogP contribution in [0.4, 0.5) is 16.4 Å². The van der Waals surface area contributed by atoms with E-state index < -0.39 is 16.7 Å². The van der Waals surface area contributed by atoms with E-state index >= 15 is 0 Å². The number of nitro benzene ring substituents is 1. The first kappa shape index (κ1) is 22.1. The number of nitrogens with two attached hydrogens (primary N) is 1. The number of fused-ring (bicyclic) bond motifs is 1. The molecule has 2 aliphatic rings. The fourth-order valence-corrected chi connectivity index (χ4v) is 5.52. The summed E-state index contributed by atoms with van der Waals surface area (Å²) in [5, 5.41) is 17.2. The second-order valence-corrected chi connectivity index (χ2v) is 8.91. The molecule has 4 rings (SSSR count). The van der Waals surface area contributed by atoms with Gasteiger partial charge in [-0.1, -0.05) is 0 Å². The number of aryl methyl sites for hydroxylation is 1. The van der Waals surface area contributed by atoms with Gasteiger partial charge in [0.1, 0.15) is 5.00 Å². The Balaban J connectivity index is 1.56. The molecule has 0 unspecified atom stereocenters. The third-order valence-electron chi connectivity index (χ3n) is 5.41. The maximum atomic E-state index is 13.0. The second kappa shape index (κ2) is 9.18. The first-order chi connectivity index (χ1) is 15.3. The number of morpholine rings is 1.